The highest BCUT2D eigenvalue weighted by atomic mass is 16.5. The monoisotopic (exact) mass is 380 g/mol. The van der Waals surface area contributed by atoms with Crippen molar-refractivity contribution in [1.82, 2.24) is 14.5 Å². The van der Waals surface area contributed by atoms with E-state index in [4.69, 9.17) is 4.74 Å². The van der Waals surface area contributed by atoms with Gasteiger partial charge in [0, 0.05) is 13.1 Å². The summed E-state index contributed by atoms with van der Waals surface area (Å²) in [5, 5.41) is 3.00. The Balaban J connectivity index is 1.79. The molecule has 0 spiro atoms. The minimum absolute atomic E-state index is 0.0901. The first kappa shape index (κ1) is 19.9. The van der Waals surface area contributed by atoms with Crippen molar-refractivity contribution in [2.24, 2.45) is 0 Å². The van der Waals surface area contributed by atoms with Crippen LogP contribution in [0.25, 0.3) is 11.0 Å². The molecule has 3 aromatic rings. The molecule has 0 bridgehead atoms. The number of ether oxygens (including phenoxy) is 1. The van der Waals surface area contributed by atoms with E-state index in [0.29, 0.717) is 5.95 Å². The summed E-state index contributed by atoms with van der Waals surface area (Å²) in [5.41, 5.74) is 2.83. The standard InChI is InChI=1S/C22H28N4O2/c1-4-25(5-2)13-14-26-20-12-7-6-11-19(20)23-22(26)24-21(27)16-17-9-8-10-18(15-17)28-3/h6-12,15H,4-5,13-14,16H2,1-3H3,(H,23,24,27). The molecule has 2 aromatic carbocycles. The van der Waals surface area contributed by atoms with Gasteiger partial charge in [0.15, 0.2) is 0 Å². The molecule has 148 valence electrons. The van der Waals surface area contributed by atoms with Crippen LogP contribution >= 0.6 is 0 Å². The number of hydrogen-bond donors (Lipinski definition) is 1. The van der Waals surface area contributed by atoms with Crippen molar-refractivity contribution in [3.05, 3.63) is 54.1 Å². The number of nitrogens with zero attached hydrogens (tertiary/aromatic N) is 3. The number of carbonyl (C=O) groups is 1. The molecule has 0 unspecified atom stereocenters. The Labute approximate surface area is 166 Å². The van der Waals surface area contributed by atoms with E-state index in [-0.39, 0.29) is 12.3 Å². The molecule has 6 heteroatoms. The molecule has 6 nitrogen and oxygen atoms in total. The number of carbonyl (C=O) groups excluding carboxylic acids is 1. The number of rotatable bonds is 9. The zero-order chi connectivity index (χ0) is 19.9. The van der Waals surface area contributed by atoms with Crippen LogP contribution in [0.4, 0.5) is 5.95 Å². The summed E-state index contributed by atoms with van der Waals surface area (Å²) in [7, 11) is 1.62. The molecule has 3 rings (SSSR count). The SMILES string of the molecule is CCN(CC)CCn1c(NC(=O)Cc2cccc(OC)c2)nc2ccccc21. The molecule has 0 radical (unpaired) electrons. The lowest BCUT2D eigenvalue weighted by molar-refractivity contribution is -0.115. The second kappa shape index (κ2) is 9.37. The van der Waals surface area contributed by atoms with Crippen LogP contribution in [0.2, 0.25) is 0 Å². The molecular weight excluding hydrogens is 352 g/mol. The first-order chi connectivity index (χ1) is 13.6. The van der Waals surface area contributed by atoms with Crippen molar-refractivity contribution in [1.29, 1.82) is 0 Å². The molecule has 0 atom stereocenters. The lowest BCUT2D eigenvalue weighted by Gasteiger charge is -2.19. The number of para-hydroxylation sites is 2. The van der Waals surface area contributed by atoms with Crippen molar-refractivity contribution in [3.63, 3.8) is 0 Å². The van der Waals surface area contributed by atoms with Crippen LogP contribution in [0.3, 0.4) is 0 Å². The molecule has 0 saturated carbocycles. The summed E-state index contributed by atoms with van der Waals surface area (Å²) in [4.78, 5) is 19.6. The Bertz CT molecular complexity index is 931. The quantitative estimate of drug-likeness (QED) is 0.617. The summed E-state index contributed by atoms with van der Waals surface area (Å²) >= 11 is 0. The summed E-state index contributed by atoms with van der Waals surface area (Å²) in [6.45, 7) is 8.00. The second-order valence-electron chi connectivity index (χ2n) is 6.68. The van der Waals surface area contributed by atoms with Gasteiger partial charge in [-0.15, -0.1) is 0 Å². The van der Waals surface area contributed by atoms with Crippen molar-refractivity contribution in [2.45, 2.75) is 26.8 Å². The van der Waals surface area contributed by atoms with Gasteiger partial charge >= 0.3 is 0 Å². The molecule has 1 aromatic heterocycles. The first-order valence-electron chi connectivity index (χ1n) is 9.75. The molecule has 0 saturated heterocycles. The van der Waals surface area contributed by atoms with Gasteiger partial charge in [-0.2, -0.15) is 0 Å². The van der Waals surface area contributed by atoms with Crippen molar-refractivity contribution in [2.75, 3.05) is 32.1 Å². The summed E-state index contributed by atoms with van der Waals surface area (Å²) in [6.07, 6.45) is 0.274. The highest BCUT2D eigenvalue weighted by Crippen LogP contribution is 2.20. The number of aromatic nitrogens is 2. The van der Waals surface area contributed by atoms with E-state index < -0.39 is 0 Å². The predicted molar refractivity (Wildman–Crippen MR) is 113 cm³/mol. The molecule has 0 fully saturated rings. The Morgan fingerprint density at radius 1 is 1.14 bits per heavy atom. The first-order valence-corrected chi connectivity index (χ1v) is 9.75. The van der Waals surface area contributed by atoms with Gasteiger partial charge in [0.1, 0.15) is 5.75 Å². The maximum absolute atomic E-state index is 12.6. The number of likely N-dealkylation sites (N-methyl/N-ethyl adjacent to an activating group) is 1. The number of hydrogen-bond acceptors (Lipinski definition) is 4. The molecule has 0 aliphatic heterocycles. The van der Waals surface area contributed by atoms with Gasteiger partial charge in [-0.05, 0) is 42.9 Å². The van der Waals surface area contributed by atoms with E-state index in [1.165, 1.54) is 0 Å². The Hall–Kier alpha value is -2.86. The van der Waals surface area contributed by atoms with E-state index >= 15 is 0 Å². The molecule has 28 heavy (non-hydrogen) atoms. The Morgan fingerprint density at radius 3 is 2.68 bits per heavy atom. The molecule has 0 aliphatic rings. The number of nitrogens with one attached hydrogen (secondary N) is 1. The van der Waals surface area contributed by atoms with Crippen molar-refractivity contribution < 1.29 is 9.53 Å². The van der Waals surface area contributed by atoms with Crippen molar-refractivity contribution >= 4 is 22.9 Å². The van der Waals surface area contributed by atoms with Crippen LogP contribution < -0.4 is 10.1 Å². The topological polar surface area (TPSA) is 59.4 Å². The lowest BCUT2D eigenvalue weighted by Crippen LogP contribution is -2.28. The van der Waals surface area contributed by atoms with Gasteiger partial charge in [-0.3, -0.25) is 10.1 Å². The normalized spacial score (nSPS) is 11.1. The molecule has 1 N–H and O–H groups in total. The van der Waals surface area contributed by atoms with Gasteiger partial charge in [0.25, 0.3) is 0 Å². The van der Waals surface area contributed by atoms with E-state index in [1.54, 1.807) is 7.11 Å². The van der Waals surface area contributed by atoms with Crippen LogP contribution in [-0.2, 0) is 17.8 Å². The molecule has 1 heterocycles. The maximum atomic E-state index is 12.6. The third-order valence-corrected chi connectivity index (χ3v) is 4.94. The maximum Gasteiger partial charge on any atom is 0.231 e. The summed E-state index contributed by atoms with van der Waals surface area (Å²) < 4.78 is 7.33. The molecule has 1 amide bonds. The summed E-state index contributed by atoms with van der Waals surface area (Å²) in [5.74, 6) is 1.26. The Morgan fingerprint density at radius 2 is 1.93 bits per heavy atom. The van der Waals surface area contributed by atoms with Crippen LogP contribution in [0.5, 0.6) is 5.75 Å². The van der Waals surface area contributed by atoms with Gasteiger partial charge in [0.2, 0.25) is 11.9 Å². The van der Waals surface area contributed by atoms with Crippen LogP contribution in [0.15, 0.2) is 48.5 Å². The largest absolute Gasteiger partial charge is 0.497 e. The Kier molecular flexibility index (Phi) is 6.66. The number of benzene rings is 2. The highest BCUT2D eigenvalue weighted by Gasteiger charge is 2.14. The second-order valence-corrected chi connectivity index (χ2v) is 6.68. The zero-order valence-corrected chi connectivity index (χ0v) is 16.8. The van der Waals surface area contributed by atoms with Crippen LogP contribution in [-0.4, -0.2) is 47.1 Å². The van der Waals surface area contributed by atoms with E-state index in [0.717, 1.165) is 48.5 Å². The highest BCUT2D eigenvalue weighted by molar-refractivity contribution is 5.92. The fourth-order valence-corrected chi connectivity index (χ4v) is 3.32. The fourth-order valence-electron chi connectivity index (χ4n) is 3.32. The van der Waals surface area contributed by atoms with Gasteiger partial charge in [0.05, 0.1) is 24.6 Å². The predicted octanol–water partition coefficient (Wildman–Crippen LogP) is 3.57. The molecular formula is C22H28N4O2. The summed E-state index contributed by atoms with van der Waals surface area (Å²) in [6, 6.07) is 15.5. The number of methoxy groups -OCH3 is 1. The number of fused-ring (bicyclic) bond motifs is 1. The molecule has 0 aliphatic carbocycles. The van der Waals surface area contributed by atoms with Gasteiger partial charge in [-0.25, -0.2) is 4.98 Å². The zero-order valence-electron chi connectivity index (χ0n) is 16.8. The van der Waals surface area contributed by atoms with Crippen molar-refractivity contribution in [3.8, 4) is 5.75 Å². The smallest absolute Gasteiger partial charge is 0.231 e. The third kappa shape index (κ3) is 4.70. The van der Waals surface area contributed by atoms with E-state index in [9.17, 15) is 4.79 Å². The average molecular weight is 380 g/mol. The van der Waals surface area contributed by atoms with Crippen LogP contribution in [0, 0.1) is 0 Å². The van der Waals surface area contributed by atoms with E-state index in [1.807, 2.05) is 48.5 Å². The van der Waals surface area contributed by atoms with Gasteiger partial charge < -0.3 is 14.2 Å². The third-order valence-electron chi connectivity index (χ3n) is 4.94. The fraction of sp³-hybridized carbons (Fsp3) is 0.364. The van der Waals surface area contributed by atoms with Crippen LogP contribution in [0.1, 0.15) is 19.4 Å². The average Bonchev–Trinajstić information content (AvgIpc) is 3.05. The number of imidazole rings is 1. The van der Waals surface area contributed by atoms with Gasteiger partial charge in [-0.1, -0.05) is 38.1 Å². The lowest BCUT2D eigenvalue weighted by atomic mass is 10.1. The minimum atomic E-state index is -0.0901. The van der Waals surface area contributed by atoms with E-state index in [2.05, 4.69) is 33.6 Å². The number of anilines is 1. The number of amides is 1. The minimum Gasteiger partial charge on any atom is -0.497 e.